The Labute approximate surface area is 140 Å². The molecule has 1 aliphatic rings. The van der Waals surface area contributed by atoms with Crippen LogP contribution in [0, 0.1) is 0 Å². The van der Waals surface area contributed by atoms with E-state index in [9.17, 15) is 20.1 Å². The van der Waals surface area contributed by atoms with Gasteiger partial charge in [-0.3, -0.25) is 14.3 Å². The normalized spacial score (nSPS) is 27.4. The van der Waals surface area contributed by atoms with Crippen LogP contribution in [0.1, 0.15) is 5.37 Å². The van der Waals surface area contributed by atoms with Crippen molar-refractivity contribution in [2.24, 2.45) is 4.99 Å². The summed E-state index contributed by atoms with van der Waals surface area (Å²) in [6.07, 6.45) is 0.699. The minimum atomic E-state index is -1.11. The molecule has 1 aliphatic heterocycles. The summed E-state index contributed by atoms with van der Waals surface area (Å²) < 4.78 is 1.52. The molecule has 2 aromatic rings. The maximum atomic E-state index is 12.1. The first-order valence-corrected chi connectivity index (χ1v) is 8.16. The van der Waals surface area contributed by atoms with Crippen molar-refractivity contribution in [1.82, 2.24) is 24.4 Å². The molecule has 10 nitrogen and oxygen atoms in total. The van der Waals surface area contributed by atoms with Crippen LogP contribution in [0.25, 0.3) is 11.2 Å². The standard InChI is InChI=1S/C13H18N6O4S/c1-18(2)4-15-13-16-10-7(11(23)17-13)14-5-19(10)12-9(22)8(21)6(3-20)24-12/h4-6,8-9,12,20-22H,3H2,1-2H3,(H,16,17,23)/b15-4+/t6-,8-,9-,12-/m1/s1. The molecule has 4 atom stereocenters. The Morgan fingerprint density at radius 2 is 2.21 bits per heavy atom. The summed E-state index contributed by atoms with van der Waals surface area (Å²) in [6.45, 7) is -0.265. The quantitative estimate of drug-likeness (QED) is 0.391. The van der Waals surface area contributed by atoms with Crippen molar-refractivity contribution < 1.29 is 15.3 Å². The molecule has 0 bridgehead atoms. The lowest BCUT2D eigenvalue weighted by Gasteiger charge is -2.16. The average Bonchev–Trinajstić information content (AvgIpc) is 3.08. The summed E-state index contributed by atoms with van der Waals surface area (Å²) in [5, 5.41) is 28.4. The second-order valence-electron chi connectivity index (χ2n) is 5.65. The summed E-state index contributed by atoms with van der Waals surface area (Å²) in [5.74, 6) is 0.111. The lowest BCUT2D eigenvalue weighted by Crippen LogP contribution is -2.32. The van der Waals surface area contributed by atoms with Gasteiger partial charge in [-0.2, -0.15) is 4.98 Å². The molecule has 1 fully saturated rings. The molecule has 3 rings (SSSR count). The van der Waals surface area contributed by atoms with Gasteiger partial charge in [-0.15, -0.1) is 11.8 Å². The van der Waals surface area contributed by atoms with Gasteiger partial charge in [-0.05, 0) is 0 Å². The highest BCUT2D eigenvalue weighted by molar-refractivity contribution is 8.00. The number of nitrogens with one attached hydrogen (secondary N) is 1. The molecular formula is C13H18N6O4S. The van der Waals surface area contributed by atoms with E-state index in [1.165, 1.54) is 29.0 Å². The largest absolute Gasteiger partial charge is 0.395 e. The van der Waals surface area contributed by atoms with Crippen molar-refractivity contribution in [3.63, 3.8) is 0 Å². The van der Waals surface area contributed by atoms with Gasteiger partial charge in [0.05, 0.1) is 30.6 Å². The van der Waals surface area contributed by atoms with Gasteiger partial charge in [-0.1, -0.05) is 0 Å². The van der Waals surface area contributed by atoms with Crippen LogP contribution >= 0.6 is 11.8 Å². The predicted molar refractivity (Wildman–Crippen MR) is 89.5 cm³/mol. The number of H-pyrrole nitrogens is 1. The van der Waals surface area contributed by atoms with Gasteiger partial charge in [0.2, 0.25) is 5.95 Å². The number of hydrogen-bond donors (Lipinski definition) is 4. The van der Waals surface area contributed by atoms with Gasteiger partial charge in [0.15, 0.2) is 11.2 Å². The summed E-state index contributed by atoms with van der Waals surface area (Å²) in [5.41, 5.74) is -0.0677. The smallest absolute Gasteiger partial charge is 0.280 e. The Morgan fingerprint density at radius 1 is 1.46 bits per heavy atom. The second kappa shape index (κ2) is 6.51. The summed E-state index contributed by atoms with van der Waals surface area (Å²) >= 11 is 1.20. The number of aromatic nitrogens is 4. The van der Waals surface area contributed by atoms with Crippen LogP contribution in [-0.2, 0) is 0 Å². The van der Waals surface area contributed by atoms with E-state index in [1.807, 2.05) is 0 Å². The third-order valence-electron chi connectivity index (χ3n) is 3.62. The lowest BCUT2D eigenvalue weighted by molar-refractivity contribution is 0.0113. The Hall–Kier alpha value is -1.95. The maximum Gasteiger partial charge on any atom is 0.280 e. The molecule has 11 heteroatoms. The van der Waals surface area contributed by atoms with Crippen molar-refractivity contribution in [3.8, 4) is 0 Å². The molecule has 2 aromatic heterocycles. The SMILES string of the molecule is CN(C)/C=N/c1nc2c(ncn2[C@@H]2S[C@H](CO)[C@@H](O)[C@H]2O)c(=O)[nH]1. The van der Waals surface area contributed by atoms with Gasteiger partial charge < -0.3 is 20.2 Å². The first kappa shape index (κ1) is 16.9. The fraction of sp³-hybridized carbons (Fsp3) is 0.538. The zero-order valence-corrected chi connectivity index (χ0v) is 13.9. The summed E-state index contributed by atoms with van der Waals surface area (Å²) in [7, 11) is 3.57. The Kier molecular flexibility index (Phi) is 4.58. The molecule has 130 valence electrons. The number of aliphatic hydroxyl groups is 3. The van der Waals surface area contributed by atoms with Gasteiger partial charge in [0.25, 0.3) is 5.56 Å². The molecule has 0 aromatic carbocycles. The minimum Gasteiger partial charge on any atom is -0.395 e. The van der Waals surface area contributed by atoms with Crippen LogP contribution in [0.5, 0.6) is 0 Å². The van der Waals surface area contributed by atoms with E-state index in [1.54, 1.807) is 19.0 Å². The Balaban J connectivity index is 2.05. The molecular weight excluding hydrogens is 336 g/mol. The first-order valence-electron chi connectivity index (χ1n) is 7.22. The maximum absolute atomic E-state index is 12.1. The second-order valence-corrected chi connectivity index (χ2v) is 7.01. The topological polar surface area (TPSA) is 140 Å². The van der Waals surface area contributed by atoms with E-state index in [0.29, 0.717) is 0 Å². The van der Waals surface area contributed by atoms with Crippen molar-refractivity contribution in [1.29, 1.82) is 0 Å². The van der Waals surface area contributed by atoms with Crippen LogP contribution in [0.15, 0.2) is 16.1 Å². The minimum absolute atomic E-state index is 0.111. The monoisotopic (exact) mass is 354 g/mol. The average molecular weight is 354 g/mol. The van der Waals surface area contributed by atoms with Crippen molar-refractivity contribution >= 4 is 35.2 Å². The van der Waals surface area contributed by atoms with Crippen LogP contribution < -0.4 is 5.56 Å². The molecule has 24 heavy (non-hydrogen) atoms. The number of thioether (sulfide) groups is 1. The van der Waals surface area contributed by atoms with Gasteiger partial charge >= 0.3 is 0 Å². The summed E-state index contributed by atoms with van der Waals surface area (Å²) in [6, 6.07) is 0. The highest BCUT2D eigenvalue weighted by Gasteiger charge is 2.43. The molecule has 0 radical (unpaired) electrons. The number of nitrogens with zero attached hydrogens (tertiary/aromatic N) is 5. The Bertz CT molecular complexity index is 818. The predicted octanol–water partition coefficient (Wildman–Crippen LogP) is -1.33. The number of hydrogen-bond acceptors (Lipinski definition) is 8. The van der Waals surface area contributed by atoms with Crippen LogP contribution in [0.4, 0.5) is 5.95 Å². The fourth-order valence-electron chi connectivity index (χ4n) is 2.44. The van der Waals surface area contributed by atoms with E-state index in [-0.39, 0.29) is 23.7 Å². The molecule has 3 heterocycles. The molecule has 0 saturated carbocycles. The van der Waals surface area contributed by atoms with Gasteiger partial charge in [-0.25, -0.2) is 9.98 Å². The van der Waals surface area contributed by atoms with E-state index in [2.05, 4.69) is 19.9 Å². The highest BCUT2D eigenvalue weighted by atomic mass is 32.2. The van der Waals surface area contributed by atoms with Crippen LogP contribution in [-0.4, -0.2) is 84.2 Å². The van der Waals surface area contributed by atoms with E-state index >= 15 is 0 Å². The van der Waals surface area contributed by atoms with Crippen LogP contribution in [0.2, 0.25) is 0 Å². The van der Waals surface area contributed by atoms with E-state index < -0.39 is 28.4 Å². The number of aliphatic hydroxyl groups excluding tert-OH is 3. The third kappa shape index (κ3) is 2.90. The lowest BCUT2D eigenvalue weighted by atomic mass is 10.1. The zero-order chi connectivity index (χ0) is 17.4. The molecule has 0 spiro atoms. The number of fused-ring (bicyclic) bond motifs is 1. The van der Waals surface area contributed by atoms with Crippen molar-refractivity contribution in [2.45, 2.75) is 22.8 Å². The summed E-state index contributed by atoms with van der Waals surface area (Å²) in [4.78, 5) is 28.7. The van der Waals surface area contributed by atoms with Gasteiger partial charge in [0, 0.05) is 14.1 Å². The molecule has 4 N–H and O–H groups in total. The van der Waals surface area contributed by atoms with Gasteiger partial charge in [0.1, 0.15) is 11.5 Å². The molecule has 0 unspecified atom stereocenters. The Morgan fingerprint density at radius 3 is 2.83 bits per heavy atom. The highest BCUT2D eigenvalue weighted by Crippen LogP contribution is 2.42. The third-order valence-corrected chi connectivity index (χ3v) is 5.18. The van der Waals surface area contributed by atoms with Crippen molar-refractivity contribution in [2.75, 3.05) is 20.7 Å². The van der Waals surface area contributed by atoms with Crippen molar-refractivity contribution in [3.05, 3.63) is 16.7 Å². The van der Waals surface area contributed by atoms with E-state index in [4.69, 9.17) is 0 Å². The number of aromatic amines is 1. The molecule has 0 amide bonds. The van der Waals surface area contributed by atoms with E-state index in [0.717, 1.165) is 0 Å². The number of imidazole rings is 1. The number of aliphatic imine (C=N–C) groups is 1. The van der Waals surface area contributed by atoms with Crippen LogP contribution in [0.3, 0.4) is 0 Å². The fourth-order valence-corrected chi connectivity index (χ4v) is 3.82. The molecule has 1 saturated heterocycles. The molecule has 0 aliphatic carbocycles. The number of rotatable bonds is 4. The zero-order valence-electron chi connectivity index (χ0n) is 13.1. The first-order chi connectivity index (χ1) is 11.4.